The highest BCUT2D eigenvalue weighted by atomic mass is 16.4. The van der Waals surface area contributed by atoms with E-state index in [1.54, 1.807) is 6.20 Å². The van der Waals surface area contributed by atoms with Gasteiger partial charge in [-0.3, -0.25) is 0 Å². The average Bonchev–Trinajstić information content (AvgIpc) is 2.26. The molecule has 1 unspecified atom stereocenters. The number of piperidine rings is 1. The van der Waals surface area contributed by atoms with E-state index >= 15 is 0 Å². The Kier molecular flexibility index (Phi) is 3.24. The van der Waals surface area contributed by atoms with Gasteiger partial charge in [-0.25, -0.2) is 14.8 Å². The van der Waals surface area contributed by atoms with Crippen molar-refractivity contribution in [1.29, 1.82) is 0 Å². The van der Waals surface area contributed by atoms with E-state index in [0.29, 0.717) is 5.92 Å². The minimum atomic E-state index is -1.04. The lowest BCUT2D eigenvalue weighted by Gasteiger charge is -2.42. The molecule has 1 atom stereocenters. The van der Waals surface area contributed by atoms with E-state index in [-0.39, 0.29) is 11.1 Å². The third kappa shape index (κ3) is 2.78. The molecule has 0 saturated carbocycles. The molecule has 0 spiro atoms. The zero-order valence-electron chi connectivity index (χ0n) is 11.1. The number of aromatic carboxylic acids is 1. The molecule has 5 nitrogen and oxygen atoms in total. The average molecular weight is 249 g/mol. The number of aromatic nitrogens is 2. The first-order valence-corrected chi connectivity index (χ1v) is 6.18. The van der Waals surface area contributed by atoms with Gasteiger partial charge in [0.05, 0.1) is 12.4 Å². The van der Waals surface area contributed by atoms with E-state index in [1.165, 1.54) is 12.6 Å². The topological polar surface area (TPSA) is 66.3 Å². The molecule has 0 bridgehead atoms. The van der Waals surface area contributed by atoms with Crippen molar-refractivity contribution in [3.05, 3.63) is 18.1 Å². The molecule has 1 aromatic heterocycles. The molecular weight excluding hydrogens is 230 g/mol. The fourth-order valence-corrected chi connectivity index (χ4v) is 2.80. The van der Waals surface area contributed by atoms with Crippen LogP contribution < -0.4 is 4.90 Å². The minimum Gasteiger partial charge on any atom is -0.476 e. The van der Waals surface area contributed by atoms with Crippen LogP contribution in [0.2, 0.25) is 0 Å². The zero-order chi connectivity index (χ0) is 13.3. The van der Waals surface area contributed by atoms with Gasteiger partial charge in [0.1, 0.15) is 5.82 Å². The van der Waals surface area contributed by atoms with Crippen LogP contribution in [0.25, 0.3) is 0 Å². The van der Waals surface area contributed by atoms with E-state index in [4.69, 9.17) is 5.11 Å². The molecular formula is C13H19N3O2. The second kappa shape index (κ2) is 4.55. The van der Waals surface area contributed by atoms with Crippen LogP contribution in [-0.2, 0) is 0 Å². The van der Waals surface area contributed by atoms with Crippen LogP contribution >= 0.6 is 0 Å². The van der Waals surface area contributed by atoms with E-state index < -0.39 is 5.97 Å². The first-order valence-electron chi connectivity index (χ1n) is 6.18. The molecule has 2 rings (SSSR count). The van der Waals surface area contributed by atoms with Crippen LogP contribution in [0, 0.1) is 11.3 Å². The highest BCUT2D eigenvalue weighted by Gasteiger charge is 2.31. The number of hydrogen-bond acceptors (Lipinski definition) is 4. The number of anilines is 1. The highest BCUT2D eigenvalue weighted by Crippen LogP contribution is 2.33. The van der Waals surface area contributed by atoms with Crippen LogP contribution in [0.1, 0.15) is 37.7 Å². The third-order valence-corrected chi connectivity index (χ3v) is 3.23. The Morgan fingerprint density at radius 1 is 1.44 bits per heavy atom. The Labute approximate surface area is 107 Å². The Morgan fingerprint density at radius 3 is 2.67 bits per heavy atom. The predicted molar refractivity (Wildman–Crippen MR) is 68.8 cm³/mol. The smallest absolute Gasteiger partial charge is 0.356 e. The maximum absolute atomic E-state index is 10.7. The molecule has 18 heavy (non-hydrogen) atoms. The lowest BCUT2D eigenvalue weighted by molar-refractivity contribution is 0.0690. The van der Waals surface area contributed by atoms with E-state index in [2.05, 4.69) is 35.6 Å². The molecule has 1 aliphatic rings. The quantitative estimate of drug-likeness (QED) is 0.868. The summed E-state index contributed by atoms with van der Waals surface area (Å²) in [5.41, 5.74) is 0.244. The van der Waals surface area contributed by atoms with Crippen LogP contribution in [0.4, 0.5) is 5.82 Å². The molecule has 1 aromatic rings. The minimum absolute atomic E-state index is 0.0110. The van der Waals surface area contributed by atoms with Crippen molar-refractivity contribution in [3.8, 4) is 0 Å². The molecule has 1 fully saturated rings. The summed E-state index contributed by atoms with van der Waals surface area (Å²) in [4.78, 5) is 21.0. The molecule has 2 heterocycles. The summed E-state index contributed by atoms with van der Waals surface area (Å²) in [6, 6.07) is 0. The number of carboxylic acid groups (broad SMARTS) is 1. The summed E-state index contributed by atoms with van der Waals surface area (Å²) in [6.07, 6.45) is 4.08. The second-order valence-corrected chi connectivity index (χ2v) is 5.92. The van der Waals surface area contributed by atoms with Crippen molar-refractivity contribution in [2.45, 2.75) is 27.2 Å². The monoisotopic (exact) mass is 249 g/mol. The summed E-state index contributed by atoms with van der Waals surface area (Å²) < 4.78 is 0. The molecule has 0 amide bonds. The standard InChI is InChI=1S/C13H19N3O2/c1-9-4-13(2,3)8-16(7-9)11-6-14-10(5-15-11)12(17)18/h5-6,9H,4,7-8H2,1-3H3,(H,17,18). The van der Waals surface area contributed by atoms with Gasteiger partial charge in [0.2, 0.25) is 0 Å². The molecule has 1 aliphatic heterocycles. The van der Waals surface area contributed by atoms with Crippen molar-refractivity contribution in [2.24, 2.45) is 11.3 Å². The van der Waals surface area contributed by atoms with E-state index in [0.717, 1.165) is 18.9 Å². The number of nitrogens with zero attached hydrogens (tertiary/aromatic N) is 3. The van der Waals surface area contributed by atoms with Gasteiger partial charge >= 0.3 is 5.97 Å². The second-order valence-electron chi connectivity index (χ2n) is 5.92. The van der Waals surface area contributed by atoms with Gasteiger partial charge in [-0.2, -0.15) is 0 Å². The Bertz CT molecular complexity index is 442. The van der Waals surface area contributed by atoms with Crippen molar-refractivity contribution >= 4 is 11.8 Å². The SMILES string of the molecule is CC1CN(c2cnc(C(=O)O)cn2)CC(C)(C)C1. The van der Waals surface area contributed by atoms with Crippen LogP contribution in [0.3, 0.4) is 0 Å². The summed E-state index contributed by atoms with van der Waals surface area (Å²) >= 11 is 0. The molecule has 1 saturated heterocycles. The summed E-state index contributed by atoms with van der Waals surface area (Å²) in [5, 5.41) is 8.80. The number of carboxylic acids is 1. The van der Waals surface area contributed by atoms with Gasteiger partial charge in [0.15, 0.2) is 5.69 Å². The number of hydrogen-bond donors (Lipinski definition) is 1. The third-order valence-electron chi connectivity index (χ3n) is 3.23. The highest BCUT2D eigenvalue weighted by molar-refractivity contribution is 5.84. The summed E-state index contributed by atoms with van der Waals surface area (Å²) in [6.45, 7) is 8.60. The molecule has 0 aromatic carbocycles. The lowest BCUT2D eigenvalue weighted by atomic mass is 9.79. The largest absolute Gasteiger partial charge is 0.476 e. The van der Waals surface area contributed by atoms with Crippen molar-refractivity contribution in [3.63, 3.8) is 0 Å². The van der Waals surface area contributed by atoms with E-state index in [9.17, 15) is 4.79 Å². The first-order chi connectivity index (χ1) is 8.37. The molecule has 1 N–H and O–H groups in total. The van der Waals surface area contributed by atoms with Gasteiger partial charge in [0.25, 0.3) is 0 Å². The fourth-order valence-electron chi connectivity index (χ4n) is 2.80. The fraction of sp³-hybridized carbons (Fsp3) is 0.615. The lowest BCUT2D eigenvalue weighted by Crippen LogP contribution is -2.44. The maximum Gasteiger partial charge on any atom is 0.356 e. The van der Waals surface area contributed by atoms with Crippen LogP contribution in [0.15, 0.2) is 12.4 Å². The predicted octanol–water partition coefficient (Wildman–Crippen LogP) is 2.05. The summed E-state index contributed by atoms with van der Waals surface area (Å²) in [5.74, 6) is 0.329. The Morgan fingerprint density at radius 2 is 2.17 bits per heavy atom. The molecule has 5 heteroatoms. The van der Waals surface area contributed by atoms with Crippen molar-refractivity contribution < 1.29 is 9.90 Å². The Hall–Kier alpha value is -1.65. The maximum atomic E-state index is 10.7. The Balaban J connectivity index is 2.18. The number of carbonyl (C=O) groups is 1. The normalized spacial score (nSPS) is 22.8. The zero-order valence-corrected chi connectivity index (χ0v) is 11.1. The molecule has 0 radical (unpaired) electrons. The first kappa shape index (κ1) is 12.8. The summed E-state index contributed by atoms with van der Waals surface area (Å²) in [7, 11) is 0. The van der Waals surface area contributed by atoms with Crippen molar-refractivity contribution in [1.82, 2.24) is 9.97 Å². The molecule has 0 aliphatic carbocycles. The van der Waals surface area contributed by atoms with Crippen molar-refractivity contribution in [2.75, 3.05) is 18.0 Å². The van der Waals surface area contributed by atoms with Crippen LogP contribution in [-0.4, -0.2) is 34.1 Å². The van der Waals surface area contributed by atoms with E-state index in [1.807, 2.05) is 0 Å². The van der Waals surface area contributed by atoms with Gasteiger partial charge in [-0.05, 0) is 17.8 Å². The molecule has 98 valence electrons. The van der Waals surface area contributed by atoms with Gasteiger partial charge in [-0.15, -0.1) is 0 Å². The van der Waals surface area contributed by atoms with Crippen LogP contribution in [0.5, 0.6) is 0 Å². The van der Waals surface area contributed by atoms with Gasteiger partial charge in [0, 0.05) is 13.1 Å². The number of rotatable bonds is 2. The van der Waals surface area contributed by atoms with Gasteiger partial charge in [-0.1, -0.05) is 20.8 Å². The van der Waals surface area contributed by atoms with Gasteiger partial charge < -0.3 is 10.0 Å².